The molecule has 2 aromatic rings. The fraction of sp³-hybridized carbons (Fsp3) is 0.500. The van der Waals surface area contributed by atoms with Crippen molar-refractivity contribution >= 4 is 23.4 Å². The Morgan fingerprint density at radius 2 is 1.69 bits per heavy atom. The maximum atomic E-state index is 14.1. The van der Waals surface area contributed by atoms with E-state index in [-0.39, 0.29) is 17.7 Å². The van der Waals surface area contributed by atoms with Crippen LogP contribution in [0.2, 0.25) is 0 Å². The molecule has 2 aliphatic rings. The van der Waals surface area contributed by atoms with E-state index in [1.54, 1.807) is 0 Å². The van der Waals surface area contributed by atoms with Crippen LogP contribution in [0.25, 0.3) is 11.1 Å². The van der Waals surface area contributed by atoms with E-state index < -0.39 is 23.8 Å². The quantitative estimate of drug-likeness (QED) is 0.453. The lowest BCUT2D eigenvalue weighted by Gasteiger charge is -2.30. The first-order valence-corrected chi connectivity index (χ1v) is 13.4. The number of para-hydroxylation sites is 1. The lowest BCUT2D eigenvalue weighted by molar-refractivity contribution is -0.136. The standard InChI is InChI=1S/C30H39N3O3/c1-4-5-10-24(28(31)34)25(17-19(2)3)29(35)32-27-23-13-7-6-11-21(23)22-12-8-9-14-26(22)33(30(27)36)18-20-15-16-20/h6-9,11-14,19-20,24-25,27H,4-5,10,15-18H2,1-3H3,(H2,31,34)(H,32,35). The van der Waals surface area contributed by atoms with Gasteiger partial charge in [0.25, 0.3) is 5.91 Å². The van der Waals surface area contributed by atoms with Crippen LogP contribution in [0.5, 0.6) is 0 Å². The fourth-order valence-electron chi connectivity index (χ4n) is 5.40. The molecule has 1 aliphatic carbocycles. The summed E-state index contributed by atoms with van der Waals surface area (Å²) in [6, 6.07) is 15.0. The Labute approximate surface area is 214 Å². The summed E-state index contributed by atoms with van der Waals surface area (Å²) in [5.41, 5.74) is 9.41. The molecule has 0 bridgehead atoms. The van der Waals surface area contributed by atoms with E-state index in [1.165, 1.54) is 0 Å². The molecule has 0 aromatic heterocycles. The number of anilines is 1. The molecule has 0 radical (unpaired) electrons. The zero-order chi connectivity index (χ0) is 25.8. The van der Waals surface area contributed by atoms with E-state index in [9.17, 15) is 14.4 Å². The SMILES string of the molecule is CCCCC(C(N)=O)C(CC(C)C)C(=O)NC1C(=O)N(CC2CC2)c2ccccc2-c2ccccc21. The van der Waals surface area contributed by atoms with Gasteiger partial charge in [-0.15, -0.1) is 0 Å². The number of nitrogens with zero attached hydrogens (tertiary/aromatic N) is 1. The Bertz CT molecular complexity index is 1110. The summed E-state index contributed by atoms with van der Waals surface area (Å²) < 4.78 is 0. The molecule has 3 unspecified atom stereocenters. The van der Waals surface area contributed by atoms with E-state index in [2.05, 4.69) is 12.2 Å². The van der Waals surface area contributed by atoms with Crippen LogP contribution < -0.4 is 16.0 Å². The number of nitrogens with two attached hydrogens (primary N) is 1. The number of rotatable bonds is 11. The first kappa shape index (κ1) is 25.9. The molecule has 3 N–H and O–H groups in total. The van der Waals surface area contributed by atoms with Gasteiger partial charge in [0.2, 0.25) is 11.8 Å². The Hall–Kier alpha value is -3.15. The number of amides is 3. The van der Waals surface area contributed by atoms with Crippen molar-refractivity contribution in [3.8, 4) is 11.1 Å². The first-order valence-electron chi connectivity index (χ1n) is 13.4. The molecule has 1 aliphatic heterocycles. The maximum Gasteiger partial charge on any atom is 0.254 e. The summed E-state index contributed by atoms with van der Waals surface area (Å²) >= 11 is 0. The molecule has 36 heavy (non-hydrogen) atoms. The minimum absolute atomic E-state index is 0.125. The molecule has 6 nitrogen and oxygen atoms in total. The molecule has 3 amide bonds. The van der Waals surface area contributed by atoms with Crippen LogP contribution in [0.3, 0.4) is 0 Å². The summed E-state index contributed by atoms with van der Waals surface area (Å²) in [7, 11) is 0. The zero-order valence-corrected chi connectivity index (χ0v) is 21.7. The highest BCUT2D eigenvalue weighted by atomic mass is 16.2. The zero-order valence-electron chi connectivity index (χ0n) is 21.7. The van der Waals surface area contributed by atoms with Gasteiger partial charge in [-0.3, -0.25) is 14.4 Å². The van der Waals surface area contributed by atoms with E-state index in [1.807, 2.05) is 67.3 Å². The molecule has 6 heteroatoms. The highest BCUT2D eigenvalue weighted by Crippen LogP contribution is 2.42. The minimum atomic E-state index is -0.825. The van der Waals surface area contributed by atoms with Gasteiger partial charge in [-0.1, -0.05) is 76.1 Å². The van der Waals surface area contributed by atoms with Gasteiger partial charge >= 0.3 is 0 Å². The van der Waals surface area contributed by atoms with Gasteiger partial charge in [0.15, 0.2) is 0 Å². The highest BCUT2D eigenvalue weighted by Gasteiger charge is 2.40. The summed E-state index contributed by atoms with van der Waals surface area (Å²) in [5.74, 6) is -1.27. The van der Waals surface area contributed by atoms with Gasteiger partial charge in [-0.25, -0.2) is 0 Å². The van der Waals surface area contributed by atoms with Crippen LogP contribution in [0, 0.1) is 23.7 Å². The third-order valence-corrected chi connectivity index (χ3v) is 7.48. The first-order chi connectivity index (χ1) is 17.3. The average Bonchev–Trinajstić information content (AvgIpc) is 3.69. The number of carbonyl (C=O) groups excluding carboxylic acids is 3. The van der Waals surface area contributed by atoms with E-state index in [4.69, 9.17) is 5.73 Å². The van der Waals surface area contributed by atoms with E-state index in [0.717, 1.165) is 48.1 Å². The summed E-state index contributed by atoms with van der Waals surface area (Å²) in [5, 5.41) is 3.10. The maximum absolute atomic E-state index is 14.1. The minimum Gasteiger partial charge on any atom is -0.369 e. The van der Waals surface area contributed by atoms with Crippen LogP contribution in [-0.2, 0) is 14.4 Å². The molecule has 0 saturated heterocycles. The molecule has 192 valence electrons. The third-order valence-electron chi connectivity index (χ3n) is 7.48. The van der Waals surface area contributed by atoms with Crippen molar-refractivity contribution in [1.29, 1.82) is 0 Å². The molecule has 3 atom stereocenters. The van der Waals surface area contributed by atoms with Crippen molar-refractivity contribution in [2.24, 2.45) is 29.4 Å². The van der Waals surface area contributed by atoms with Crippen LogP contribution >= 0.6 is 0 Å². The average molecular weight is 490 g/mol. The molecule has 0 spiro atoms. The van der Waals surface area contributed by atoms with Crippen molar-refractivity contribution in [3.05, 3.63) is 54.1 Å². The lowest BCUT2D eigenvalue weighted by Crippen LogP contribution is -2.47. The largest absolute Gasteiger partial charge is 0.369 e. The van der Waals surface area contributed by atoms with Gasteiger partial charge in [0.1, 0.15) is 6.04 Å². The van der Waals surface area contributed by atoms with Gasteiger partial charge in [0.05, 0.1) is 5.69 Å². The van der Waals surface area contributed by atoms with E-state index >= 15 is 0 Å². The molecular formula is C30H39N3O3. The number of fused-ring (bicyclic) bond motifs is 3. The van der Waals surface area contributed by atoms with Crippen molar-refractivity contribution in [1.82, 2.24) is 5.32 Å². The number of hydrogen-bond acceptors (Lipinski definition) is 3. The molecule has 1 saturated carbocycles. The Morgan fingerprint density at radius 3 is 2.33 bits per heavy atom. The van der Waals surface area contributed by atoms with Crippen molar-refractivity contribution in [2.75, 3.05) is 11.4 Å². The fourth-order valence-corrected chi connectivity index (χ4v) is 5.40. The van der Waals surface area contributed by atoms with E-state index in [0.29, 0.717) is 25.3 Å². The predicted octanol–water partition coefficient (Wildman–Crippen LogP) is 5.22. The Kier molecular flexibility index (Phi) is 8.12. The Morgan fingerprint density at radius 1 is 1.03 bits per heavy atom. The number of benzene rings is 2. The summed E-state index contributed by atoms with van der Waals surface area (Å²) in [4.78, 5) is 42.3. The van der Waals surface area contributed by atoms with Crippen LogP contribution in [0.1, 0.15) is 70.9 Å². The van der Waals surface area contributed by atoms with Crippen molar-refractivity contribution in [2.45, 2.75) is 65.3 Å². The number of carbonyl (C=O) groups is 3. The van der Waals surface area contributed by atoms with Gasteiger partial charge in [-0.05, 0) is 54.7 Å². The predicted molar refractivity (Wildman–Crippen MR) is 143 cm³/mol. The summed E-state index contributed by atoms with van der Waals surface area (Å²) in [6.45, 7) is 6.78. The smallest absolute Gasteiger partial charge is 0.254 e. The molecule has 2 aromatic carbocycles. The monoisotopic (exact) mass is 489 g/mol. The molecule has 1 fully saturated rings. The lowest BCUT2D eigenvalue weighted by atomic mass is 9.81. The summed E-state index contributed by atoms with van der Waals surface area (Å²) in [6.07, 6.45) is 5.09. The third kappa shape index (κ3) is 5.63. The van der Waals surface area contributed by atoms with Crippen molar-refractivity contribution in [3.63, 3.8) is 0 Å². The normalized spacial score (nSPS) is 18.7. The highest BCUT2D eigenvalue weighted by molar-refractivity contribution is 6.06. The second kappa shape index (κ2) is 11.3. The number of hydrogen-bond donors (Lipinski definition) is 2. The number of nitrogens with one attached hydrogen (secondary N) is 1. The number of primary amides is 1. The second-order valence-electron chi connectivity index (χ2n) is 10.8. The van der Waals surface area contributed by atoms with Crippen LogP contribution in [0.4, 0.5) is 5.69 Å². The van der Waals surface area contributed by atoms with Gasteiger partial charge in [0, 0.05) is 23.9 Å². The molecule has 4 rings (SSSR count). The van der Waals surface area contributed by atoms with Gasteiger partial charge in [-0.2, -0.15) is 0 Å². The second-order valence-corrected chi connectivity index (χ2v) is 10.8. The van der Waals surface area contributed by atoms with Crippen LogP contribution in [0.15, 0.2) is 48.5 Å². The topological polar surface area (TPSA) is 92.5 Å². The Balaban J connectivity index is 1.72. The van der Waals surface area contributed by atoms with Crippen molar-refractivity contribution < 1.29 is 14.4 Å². The van der Waals surface area contributed by atoms with Crippen LogP contribution in [-0.4, -0.2) is 24.3 Å². The molecule has 1 heterocycles. The molecular weight excluding hydrogens is 450 g/mol. The number of unbranched alkanes of at least 4 members (excludes halogenated alkanes) is 1. The van der Waals surface area contributed by atoms with Gasteiger partial charge < -0.3 is 16.0 Å².